The van der Waals surface area contributed by atoms with Gasteiger partial charge in [-0.3, -0.25) is 4.90 Å². The Kier molecular flexibility index (Phi) is 5.50. The Hall–Kier alpha value is -1.24. The van der Waals surface area contributed by atoms with Gasteiger partial charge in [-0.2, -0.15) is 0 Å². The molecule has 0 atom stereocenters. The third kappa shape index (κ3) is 4.62. The second kappa shape index (κ2) is 7.15. The van der Waals surface area contributed by atoms with E-state index < -0.39 is 0 Å². The molecule has 116 valence electrons. The molecule has 21 heavy (non-hydrogen) atoms. The van der Waals surface area contributed by atoms with Gasteiger partial charge in [0.25, 0.3) is 0 Å². The van der Waals surface area contributed by atoms with Crippen molar-refractivity contribution in [3.63, 3.8) is 0 Å². The molecule has 2 N–H and O–H groups in total. The van der Waals surface area contributed by atoms with Crippen LogP contribution >= 0.6 is 12.2 Å². The molecule has 1 aromatic rings. The first-order valence-corrected chi connectivity index (χ1v) is 7.77. The maximum Gasteiger partial charge on any atom is 0.129 e. The fraction of sp³-hybridized carbons (Fsp3) is 0.600. The van der Waals surface area contributed by atoms with Crippen LogP contribution in [0.1, 0.15) is 11.3 Å². The van der Waals surface area contributed by atoms with Crippen molar-refractivity contribution in [1.29, 1.82) is 0 Å². The van der Waals surface area contributed by atoms with Crippen molar-refractivity contribution >= 4 is 23.0 Å². The zero-order chi connectivity index (χ0) is 15.4. The molecule has 1 aromatic heterocycles. The van der Waals surface area contributed by atoms with Crippen LogP contribution in [0.4, 0.5) is 5.82 Å². The Morgan fingerprint density at radius 1 is 1.29 bits per heavy atom. The predicted octanol–water partition coefficient (Wildman–Crippen LogP) is 0.708. The van der Waals surface area contributed by atoms with Crippen molar-refractivity contribution in [2.75, 3.05) is 58.3 Å². The van der Waals surface area contributed by atoms with E-state index in [4.69, 9.17) is 18.0 Å². The molecule has 1 fully saturated rings. The third-order valence-electron chi connectivity index (χ3n) is 3.78. The number of pyridine rings is 1. The largest absolute Gasteiger partial charge is 0.389 e. The van der Waals surface area contributed by atoms with Gasteiger partial charge in [-0.1, -0.05) is 12.2 Å². The fourth-order valence-electron chi connectivity index (χ4n) is 2.50. The molecule has 5 nitrogen and oxygen atoms in total. The quantitative estimate of drug-likeness (QED) is 0.809. The molecule has 0 spiro atoms. The second-order valence-electron chi connectivity index (χ2n) is 5.85. The van der Waals surface area contributed by atoms with Gasteiger partial charge in [0.15, 0.2) is 0 Å². The van der Waals surface area contributed by atoms with E-state index in [1.54, 1.807) is 0 Å². The van der Waals surface area contributed by atoms with E-state index in [9.17, 15) is 0 Å². The lowest BCUT2D eigenvalue weighted by atomic mass is 10.2. The Morgan fingerprint density at radius 2 is 1.95 bits per heavy atom. The van der Waals surface area contributed by atoms with Gasteiger partial charge in [-0.15, -0.1) is 0 Å². The lowest BCUT2D eigenvalue weighted by molar-refractivity contribution is 0.229. The van der Waals surface area contributed by atoms with Crippen molar-refractivity contribution in [2.24, 2.45) is 5.73 Å². The van der Waals surface area contributed by atoms with E-state index in [0.717, 1.165) is 56.3 Å². The van der Waals surface area contributed by atoms with E-state index in [2.05, 4.69) is 33.8 Å². The first kappa shape index (κ1) is 16.1. The molecule has 6 heteroatoms. The number of piperazine rings is 1. The molecule has 0 aliphatic carbocycles. The van der Waals surface area contributed by atoms with Crippen LogP contribution in [0.2, 0.25) is 0 Å². The summed E-state index contributed by atoms with van der Waals surface area (Å²) in [6, 6.07) is 3.95. The van der Waals surface area contributed by atoms with Crippen LogP contribution in [-0.2, 0) is 0 Å². The normalized spacial score (nSPS) is 16.5. The zero-order valence-corrected chi connectivity index (χ0v) is 14.0. The van der Waals surface area contributed by atoms with E-state index >= 15 is 0 Å². The summed E-state index contributed by atoms with van der Waals surface area (Å²) in [5.41, 5.74) is 7.61. The number of aryl methyl sites for hydroxylation is 1. The Labute approximate surface area is 132 Å². The average Bonchev–Trinajstić information content (AvgIpc) is 2.45. The summed E-state index contributed by atoms with van der Waals surface area (Å²) in [5, 5.41) is 0. The molecular formula is C15H25N5S. The SMILES string of the molecule is Cc1cc(C(N)=S)cc(N2CCN(CCN(C)C)CC2)n1. The van der Waals surface area contributed by atoms with Crippen LogP contribution in [0.15, 0.2) is 12.1 Å². The lowest BCUT2D eigenvalue weighted by Gasteiger charge is -2.36. The summed E-state index contributed by atoms with van der Waals surface area (Å²) in [6.45, 7) is 8.37. The summed E-state index contributed by atoms with van der Waals surface area (Å²) >= 11 is 5.08. The number of hydrogen-bond donors (Lipinski definition) is 1. The number of likely N-dealkylation sites (N-methyl/N-ethyl adjacent to an activating group) is 1. The summed E-state index contributed by atoms with van der Waals surface area (Å²) in [6.07, 6.45) is 0. The number of rotatable bonds is 5. The molecule has 0 radical (unpaired) electrons. The van der Waals surface area contributed by atoms with Crippen LogP contribution in [0.3, 0.4) is 0 Å². The van der Waals surface area contributed by atoms with E-state index in [0.29, 0.717) is 4.99 Å². The molecule has 2 rings (SSSR count). The highest BCUT2D eigenvalue weighted by Crippen LogP contribution is 2.17. The molecule has 1 saturated heterocycles. The van der Waals surface area contributed by atoms with Gasteiger partial charge in [0.1, 0.15) is 10.8 Å². The molecule has 0 saturated carbocycles. The molecule has 1 aliphatic heterocycles. The first-order chi connectivity index (χ1) is 9.95. The summed E-state index contributed by atoms with van der Waals surface area (Å²) < 4.78 is 0. The number of thiocarbonyl (C=S) groups is 1. The highest BCUT2D eigenvalue weighted by atomic mass is 32.1. The monoisotopic (exact) mass is 307 g/mol. The summed E-state index contributed by atoms with van der Waals surface area (Å²) in [4.78, 5) is 12.1. The van der Waals surface area contributed by atoms with Gasteiger partial charge >= 0.3 is 0 Å². The highest BCUT2D eigenvalue weighted by Gasteiger charge is 2.18. The van der Waals surface area contributed by atoms with Crippen LogP contribution in [0.25, 0.3) is 0 Å². The van der Waals surface area contributed by atoms with Crippen molar-refractivity contribution in [2.45, 2.75) is 6.92 Å². The number of anilines is 1. The van der Waals surface area contributed by atoms with Gasteiger partial charge in [-0.25, -0.2) is 4.98 Å². The molecule has 1 aliphatic rings. The molecule has 0 unspecified atom stereocenters. The molecule has 2 heterocycles. The van der Waals surface area contributed by atoms with E-state index in [1.165, 1.54) is 0 Å². The molecule has 0 amide bonds. The van der Waals surface area contributed by atoms with Gasteiger partial charge < -0.3 is 15.5 Å². The van der Waals surface area contributed by atoms with Gasteiger partial charge in [0.05, 0.1) is 0 Å². The predicted molar refractivity (Wildman–Crippen MR) is 92.1 cm³/mol. The number of aromatic nitrogens is 1. The Morgan fingerprint density at radius 3 is 2.52 bits per heavy atom. The highest BCUT2D eigenvalue weighted by molar-refractivity contribution is 7.80. The van der Waals surface area contributed by atoms with Crippen LogP contribution in [-0.4, -0.2) is 73.1 Å². The molecule has 0 bridgehead atoms. The Balaban J connectivity index is 1.97. The minimum Gasteiger partial charge on any atom is -0.389 e. The maximum absolute atomic E-state index is 5.74. The van der Waals surface area contributed by atoms with E-state index in [1.807, 2.05) is 19.1 Å². The minimum atomic E-state index is 0.436. The fourth-order valence-corrected chi connectivity index (χ4v) is 2.62. The number of nitrogens with two attached hydrogens (primary N) is 1. The number of hydrogen-bond acceptors (Lipinski definition) is 5. The zero-order valence-electron chi connectivity index (χ0n) is 13.2. The standard InChI is InChI=1S/C15H25N5S/c1-12-10-13(15(16)21)11-14(17-12)20-8-6-19(7-9-20)5-4-18(2)3/h10-11H,4-9H2,1-3H3,(H2,16,21). The summed E-state index contributed by atoms with van der Waals surface area (Å²) in [5.74, 6) is 0.991. The lowest BCUT2D eigenvalue weighted by Crippen LogP contribution is -2.48. The number of nitrogens with zero attached hydrogens (tertiary/aromatic N) is 4. The van der Waals surface area contributed by atoms with Crippen molar-refractivity contribution < 1.29 is 0 Å². The third-order valence-corrected chi connectivity index (χ3v) is 4.02. The van der Waals surface area contributed by atoms with Crippen molar-refractivity contribution in [3.8, 4) is 0 Å². The summed E-state index contributed by atoms with van der Waals surface area (Å²) in [7, 11) is 4.23. The van der Waals surface area contributed by atoms with Gasteiger partial charge in [-0.05, 0) is 33.2 Å². The van der Waals surface area contributed by atoms with Crippen LogP contribution in [0.5, 0.6) is 0 Å². The minimum absolute atomic E-state index is 0.436. The average molecular weight is 307 g/mol. The van der Waals surface area contributed by atoms with Crippen molar-refractivity contribution in [3.05, 3.63) is 23.4 Å². The molecular weight excluding hydrogens is 282 g/mol. The Bertz CT molecular complexity index is 495. The van der Waals surface area contributed by atoms with E-state index in [-0.39, 0.29) is 0 Å². The van der Waals surface area contributed by atoms with Gasteiger partial charge in [0.2, 0.25) is 0 Å². The smallest absolute Gasteiger partial charge is 0.129 e. The second-order valence-corrected chi connectivity index (χ2v) is 6.29. The van der Waals surface area contributed by atoms with Gasteiger partial charge in [0, 0.05) is 50.5 Å². The maximum atomic E-state index is 5.74. The first-order valence-electron chi connectivity index (χ1n) is 7.36. The van der Waals surface area contributed by atoms with Crippen LogP contribution in [0, 0.1) is 6.92 Å². The van der Waals surface area contributed by atoms with Crippen LogP contribution < -0.4 is 10.6 Å². The topological polar surface area (TPSA) is 48.6 Å². The van der Waals surface area contributed by atoms with Crippen molar-refractivity contribution in [1.82, 2.24) is 14.8 Å². The molecule has 0 aromatic carbocycles.